The summed E-state index contributed by atoms with van der Waals surface area (Å²) < 4.78 is 4.22. The molecule has 0 aromatic carbocycles. The van der Waals surface area contributed by atoms with Gasteiger partial charge in [-0.05, 0) is 12.1 Å². The predicted molar refractivity (Wildman–Crippen MR) is 51.3 cm³/mol. The Hall–Kier alpha value is -2.17. The average molecular weight is 207 g/mol. The number of aromatic nitrogens is 1. The maximum Gasteiger partial charge on any atom is 0.373 e. The maximum atomic E-state index is 11.4. The predicted octanol–water partition coefficient (Wildman–Crippen LogP) is 0.879. The molecule has 1 heterocycles. The van der Waals surface area contributed by atoms with Crippen LogP contribution in [0.25, 0.3) is 0 Å². The Morgan fingerprint density at radius 1 is 1.47 bits per heavy atom. The van der Waals surface area contributed by atoms with Gasteiger partial charge in [0.25, 0.3) is 0 Å². The summed E-state index contributed by atoms with van der Waals surface area (Å²) in [7, 11) is 1.11. The summed E-state index contributed by atoms with van der Waals surface area (Å²) in [6.07, 6.45) is 2.21. The van der Waals surface area contributed by atoms with Crippen molar-refractivity contribution in [3.05, 3.63) is 41.9 Å². The highest BCUT2D eigenvalue weighted by molar-refractivity contribution is 6.06. The molecule has 5 nitrogen and oxygen atoms in total. The first-order valence-electron chi connectivity index (χ1n) is 4.09. The number of hydrogen-bond acceptors (Lipinski definition) is 5. The molecule has 1 aromatic rings. The molecular weight excluding hydrogens is 198 g/mol. The Morgan fingerprint density at radius 2 is 2.20 bits per heavy atom. The molecule has 15 heavy (non-hydrogen) atoms. The summed E-state index contributed by atoms with van der Waals surface area (Å²) in [6, 6.07) is 4.76. The molecule has 0 saturated carbocycles. The zero-order valence-corrected chi connectivity index (χ0v) is 8.01. The van der Waals surface area contributed by atoms with Crippen LogP contribution in [0.1, 0.15) is 10.5 Å². The third-order valence-electron chi connectivity index (χ3n) is 1.58. The first-order chi connectivity index (χ1) is 7.15. The number of esters is 1. The topological polar surface area (TPSA) is 76.5 Å². The lowest BCUT2D eigenvalue weighted by Crippen LogP contribution is -2.07. The lowest BCUT2D eigenvalue weighted by Gasteiger charge is -1.97. The second-order valence-corrected chi connectivity index (χ2v) is 2.60. The van der Waals surface area contributed by atoms with Crippen molar-refractivity contribution in [1.82, 2.24) is 4.98 Å². The highest BCUT2D eigenvalue weighted by Crippen LogP contribution is 2.00. The standard InChI is InChI=1S/C10H9NO4/c1-15-10(14)9(13)6-8(12)7-4-2-3-5-11-7/h2-6,13H,1H3/b9-6-. The number of aliphatic hydroxyl groups is 1. The van der Waals surface area contributed by atoms with E-state index in [-0.39, 0.29) is 5.69 Å². The van der Waals surface area contributed by atoms with E-state index in [0.29, 0.717) is 0 Å². The zero-order chi connectivity index (χ0) is 11.3. The van der Waals surface area contributed by atoms with Crippen molar-refractivity contribution in [2.75, 3.05) is 7.11 Å². The normalized spacial score (nSPS) is 10.9. The van der Waals surface area contributed by atoms with Crippen molar-refractivity contribution in [3.8, 4) is 0 Å². The molecule has 0 bridgehead atoms. The van der Waals surface area contributed by atoms with Crippen molar-refractivity contribution in [2.24, 2.45) is 0 Å². The van der Waals surface area contributed by atoms with Crippen LogP contribution in [0.2, 0.25) is 0 Å². The first-order valence-corrected chi connectivity index (χ1v) is 4.09. The second-order valence-electron chi connectivity index (χ2n) is 2.60. The van der Waals surface area contributed by atoms with Crippen molar-refractivity contribution >= 4 is 11.8 Å². The van der Waals surface area contributed by atoms with Crippen LogP contribution in [-0.4, -0.2) is 29.0 Å². The van der Waals surface area contributed by atoms with Gasteiger partial charge in [-0.2, -0.15) is 0 Å². The summed E-state index contributed by atoms with van der Waals surface area (Å²) in [5.41, 5.74) is 0.146. The van der Waals surface area contributed by atoms with Crippen LogP contribution in [0.4, 0.5) is 0 Å². The maximum absolute atomic E-state index is 11.4. The van der Waals surface area contributed by atoms with Gasteiger partial charge in [-0.25, -0.2) is 4.79 Å². The zero-order valence-electron chi connectivity index (χ0n) is 8.01. The van der Waals surface area contributed by atoms with Crippen LogP contribution in [0, 0.1) is 0 Å². The van der Waals surface area contributed by atoms with Crippen LogP contribution >= 0.6 is 0 Å². The summed E-state index contributed by atoms with van der Waals surface area (Å²) in [5, 5.41) is 9.09. The number of pyridine rings is 1. The van der Waals surface area contributed by atoms with Crippen LogP contribution in [0.15, 0.2) is 36.2 Å². The molecular formula is C10H9NO4. The Bertz CT molecular complexity index is 397. The van der Waals surface area contributed by atoms with Gasteiger partial charge >= 0.3 is 5.97 Å². The van der Waals surface area contributed by atoms with Crippen LogP contribution < -0.4 is 0 Å². The van der Waals surface area contributed by atoms with Gasteiger partial charge in [-0.15, -0.1) is 0 Å². The second kappa shape index (κ2) is 4.90. The highest BCUT2D eigenvalue weighted by atomic mass is 16.5. The van der Waals surface area contributed by atoms with E-state index in [0.717, 1.165) is 13.2 Å². The molecule has 1 rings (SSSR count). The van der Waals surface area contributed by atoms with Gasteiger partial charge in [0, 0.05) is 12.3 Å². The molecule has 0 atom stereocenters. The molecule has 0 radical (unpaired) electrons. The van der Waals surface area contributed by atoms with Crippen LogP contribution in [0.5, 0.6) is 0 Å². The molecule has 0 amide bonds. The fourth-order valence-corrected chi connectivity index (χ4v) is 0.870. The van der Waals surface area contributed by atoms with E-state index in [1.165, 1.54) is 12.3 Å². The van der Waals surface area contributed by atoms with Crippen molar-refractivity contribution < 1.29 is 19.4 Å². The first kappa shape index (κ1) is 10.9. The quantitative estimate of drug-likeness (QED) is 0.344. The van der Waals surface area contributed by atoms with Gasteiger partial charge in [-0.1, -0.05) is 6.07 Å². The average Bonchev–Trinajstić information content (AvgIpc) is 2.29. The van der Waals surface area contributed by atoms with Crippen molar-refractivity contribution in [3.63, 3.8) is 0 Å². The number of nitrogens with zero attached hydrogens (tertiary/aromatic N) is 1. The minimum absolute atomic E-state index is 0.146. The summed E-state index contributed by atoms with van der Waals surface area (Å²) in [4.78, 5) is 25.9. The highest BCUT2D eigenvalue weighted by Gasteiger charge is 2.11. The monoisotopic (exact) mass is 207 g/mol. The van der Waals surface area contributed by atoms with Crippen LogP contribution in [-0.2, 0) is 9.53 Å². The van der Waals surface area contributed by atoms with E-state index < -0.39 is 17.5 Å². The van der Waals surface area contributed by atoms with E-state index >= 15 is 0 Å². The van der Waals surface area contributed by atoms with Gasteiger partial charge in [0.05, 0.1) is 7.11 Å². The van der Waals surface area contributed by atoms with Gasteiger partial charge in [0.15, 0.2) is 0 Å². The molecule has 1 aromatic heterocycles. The van der Waals surface area contributed by atoms with E-state index in [9.17, 15) is 9.59 Å². The Kier molecular flexibility index (Phi) is 3.56. The smallest absolute Gasteiger partial charge is 0.373 e. The number of carbonyl (C=O) groups excluding carboxylic acids is 2. The van der Waals surface area contributed by atoms with Gasteiger partial charge in [0.1, 0.15) is 5.69 Å². The summed E-state index contributed by atoms with van der Waals surface area (Å²) >= 11 is 0. The summed E-state index contributed by atoms with van der Waals surface area (Å²) in [6.45, 7) is 0. The van der Waals surface area contributed by atoms with E-state index in [4.69, 9.17) is 5.11 Å². The lowest BCUT2D eigenvalue weighted by molar-refractivity contribution is -0.139. The molecule has 78 valence electrons. The molecule has 0 aliphatic heterocycles. The molecule has 0 aliphatic carbocycles. The molecule has 5 heteroatoms. The Labute approximate surface area is 86.0 Å². The van der Waals surface area contributed by atoms with Gasteiger partial charge in [0.2, 0.25) is 11.5 Å². The number of rotatable bonds is 3. The minimum Gasteiger partial charge on any atom is -0.502 e. The van der Waals surface area contributed by atoms with E-state index in [2.05, 4.69) is 9.72 Å². The Morgan fingerprint density at radius 3 is 2.73 bits per heavy atom. The fraction of sp³-hybridized carbons (Fsp3) is 0.100. The molecule has 1 N–H and O–H groups in total. The minimum atomic E-state index is -0.959. The largest absolute Gasteiger partial charge is 0.502 e. The van der Waals surface area contributed by atoms with Gasteiger partial charge < -0.3 is 9.84 Å². The van der Waals surface area contributed by atoms with E-state index in [1.54, 1.807) is 12.1 Å². The number of ether oxygens (including phenoxy) is 1. The molecule has 0 unspecified atom stereocenters. The molecule has 0 fully saturated rings. The van der Waals surface area contributed by atoms with Crippen LogP contribution in [0.3, 0.4) is 0 Å². The van der Waals surface area contributed by atoms with Crippen molar-refractivity contribution in [2.45, 2.75) is 0 Å². The number of methoxy groups -OCH3 is 1. The summed E-state index contributed by atoms with van der Waals surface area (Å²) in [5.74, 6) is -2.26. The molecule has 0 saturated heterocycles. The fourth-order valence-electron chi connectivity index (χ4n) is 0.870. The van der Waals surface area contributed by atoms with Crippen molar-refractivity contribution in [1.29, 1.82) is 0 Å². The number of carbonyl (C=O) groups is 2. The SMILES string of the molecule is COC(=O)/C(O)=C/C(=O)c1ccccn1. The molecule has 0 aliphatic rings. The third kappa shape index (κ3) is 2.91. The number of aliphatic hydroxyl groups excluding tert-OH is 1. The number of ketones is 1. The van der Waals surface area contributed by atoms with E-state index in [1.807, 2.05) is 0 Å². The Balaban J connectivity index is 2.84. The number of allylic oxidation sites excluding steroid dienone is 1. The number of hydrogen-bond donors (Lipinski definition) is 1. The molecule has 0 spiro atoms. The third-order valence-corrected chi connectivity index (χ3v) is 1.58. The van der Waals surface area contributed by atoms with Gasteiger partial charge in [-0.3, -0.25) is 9.78 Å². The lowest BCUT2D eigenvalue weighted by atomic mass is 10.2.